The summed E-state index contributed by atoms with van der Waals surface area (Å²) >= 11 is 0. The smallest absolute Gasteiger partial charge is 0.330 e. The van der Waals surface area contributed by atoms with Crippen molar-refractivity contribution in [2.45, 2.75) is 129 Å². The number of unbranched alkanes of at least 4 members (excludes halogenated alkanes) is 12. The van der Waals surface area contributed by atoms with Crippen molar-refractivity contribution in [3.63, 3.8) is 0 Å². The topological polar surface area (TPSA) is 148 Å². The lowest BCUT2D eigenvalue weighted by molar-refractivity contribution is -0.154. The minimum Gasteiger partial charge on any atom is -0.459 e. The van der Waals surface area contributed by atoms with E-state index in [0.717, 1.165) is 19.3 Å². The lowest BCUT2D eigenvalue weighted by Crippen LogP contribution is -2.33. The minimum atomic E-state index is -0.753. The zero-order valence-electron chi connectivity index (χ0n) is 22.4. The molecule has 0 spiro atoms. The Labute approximate surface area is 218 Å². The molecule has 1 saturated heterocycles. The molecule has 3 atom stereocenters. The van der Waals surface area contributed by atoms with Gasteiger partial charge in [-0.1, -0.05) is 84.0 Å². The van der Waals surface area contributed by atoms with Crippen LogP contribution in [0.2, 0.25) is 0 Å². The third-order valence-corrected chi connectivity index (χ3v) is 6.74. The van der Waals surface area contributed by atoms with Crippen LogP contribution in [0.1, 0.15) is 115 Å². The Kier molecular flexibility index (Phi) is 14.5. The fraction of sp³-hybridized carbons (Fsp3) is 0.808. The number of aromatic amines is 1. The molecule has 2 heterocycles. The lowest BCUT2D eigenvalue weighted by atomic mass is 10.0. The van der Waals surface area contributed by atoms with Crippen molar-refractivity contribution in [1.29, 1.82) is 0 Å². The molecule has 1 aliphatic heterocycles. The summed E-state index contributed by atoms with van der Waals surface area (Å²) in [5.74, 6) is -0.337. The van der Waals surface area contributed by atoms with Crippen molar-refractivity contribution in [2.24, 2.45) is 5.28 Å². The molecule has 11 heteroatoms. The Morgan fingerprint density at radius 2 is 1.68 bits per heavy atom. The molecule has 0 unspecified atom stereocenters. The number of hydrogen-bond donors (Lipinski definition) is 1. The summed E-state index contributed by atoms with van der Waals surface area (Å²) in [4.78, 5) is 46.0. The highest BCUT2D eigenvalue weighted by atomic mass is 16.7. The molecule has 2 rings (SSSR count). The third kappa shape index (κ3) is 11.4. The van der Waals surface area contributed by atoms with Crippen LogP contribution in [0.5, 0.6) is 0 Å². The molecular weight excluding hydrogens is 478 g/mol. The van der Waals surface area contributed by atoms with Crippen LogP contribution in [0.25, 0.3) is 10.4 Å². The number of carbonyl (C=O) groups is 1. The normalized spacial score (nSPS) is 18.9. The van der Waals surface area contributed by atoms with Crippen LogP contribution in [0.15, 0.2) is 21.1 Å². The van der Waals surface area contributed by atoms with Gasteiger partial charge >= 0.3 is 11.7 Å². The Morgan fingerprint density at radius 3 is 2.27 bits per heavy atom. The second-order valence-corrected chi connectivity index (χ2v) is 9.83. The first-order valence-electron chi connectivity index (χ1n) is 13.8. The molecular formula is C26H43N5O6. The molecule has 0 bridgehead atoms. The molecule has 1 aromatic heterocycles. The van der Waals surface area contributed by atoms with Crippen molar-refractivity contribution in [3.05, 3.63) is 43.0 Å². The largest absolute Gasteiger partial charge is 0.459 e. The summed E-state index contributed by atoms with van der Waals surface area (Å²) in [5.41, 5.74) is 7.72. The molecule has 0 saturated carbocycles. The van der Waals surface area contributed by atoms with Crippen molar-refractivity contribution < 1.29 is 19.1 Å². The number of azide groups is 1. The summed E-state index contributed by atoms with van der Waals surface area (Å²) in [6, 6.07) is 0. The van der Waals surface area contributed by atoms with Crippen LogP contribution in [-0.4, -0.2) is 34.3 Å². The Morgan fingerprint density at radius 1 is 1.08 bits per heavy atom. The maximum atomic E-state index is 12.5. The number of rotatable bonds is 19. The van der Waals surface area contributed by atoms with Gasteiger partial charge in [0.05, 0.1) is 0 Å². The van der Waals surface area contributed by atoms with Gasteiger partial charge in [-0.3, -0.25) is 19.1 Å². The number of carbonyl (C=O) groups excluding carboxylic acids is 1. The Hall–Kier alpha value is -2.78. The van der Waals surface area contributed by atoms with Gasteiger partial charge in [0.15, 0.2) is 0 Å². The van der Waals surface area contributed by atoms with Gasteiger partial charge in [-0.05, 0) is 18.9 Å². The van der Waals surface area contributed by atoms with Crippen molar-refractivity contribution in [2.75, 3.05) is 6.61 Å². The highest BCUT2D eigenvalue weighted by Gasteiger charge is 2.39. The lowest BCUT2D eigenvalue weighted by Gasteiger charge is -2.17. The average molecular weight is 522 g/mol. The highest BCUT2D eigenvalue weighted by Crippen LogP contribution is 2.30. The van der Waals surface area contributed by atoms with Crippen LogP contribution in [0.4, 0.5) is 0 Å². The molecule has 1 N–H and O–H groups in total. The van der Waals surface area contributed by atoms with Crippen LogP contribution in [0.3, 0.4) is 0 Å². The van der Waals surface area contributed by atoms with E-state index in [4.69, 9.17) is 19.8 Å². The maximum absolute atomic E-state index is 12.5. The predicted octanol–water partition coefficient (Wildman–Crippen LogP) is 5.77. The van der Waals surface area contributed by atoms with Crippen molar-refractivity contribution >= 4 is 5.97 Å². The SMILES string of the molecule is CCCCCCCCCCCCCCCC(=O)O[C@H]1C[C@H](n2cc(C)c(=O)[nH]c2=O)O[C@@H]1CON=[N+]=[N-]. The van der Waals surface area contributed by atoms with Gasteiger partial charge in [0, 0.05) is 29.5 Å². The van der Waals surface area contributed by atoms with E-state index in [0.29, 0.717) is 12.0 Å². The number of aryl methyl sites for hydroxylation is 1. The maximum Gasteiger partial charge on any atom is 0.330 e. The molecule has 0 radical (unpaired) electrons. The van der Waals surface area contributed by atoms with Crippen molar-refractivity contribution in [1.82, 2.24) is 9.55 Å². The fourth-order valence-electron chi connectivity index (χ4n) is 4.59. The first-order valence-corrected chi connectivity index (χ1v) is 13.8. The number of ether oxygens (including phenoxy) is 2. The van der Waals surface area contributed by atoms with Crippen molar-refractivity contribution in [3.8, 4) is 0 Å². The van der Waals surface area contributed by atoms with E-state index in [9.17, 15) is 14.4 Å². The molecule has 208 valence electrons. The number of esters is 1. The molecule has 0 amide bonds. The Bertz CT molecular complexity index is 971. The average Bonchev–Trinajstić information content (AvgIpc) is 3.26. The summed E-state index contributed by atoms with van der Waals surface area (Å²) in [7, 11) is 0. The summed E-state index contributed by atoms with van der Waals surface area (Å²) in [6.07, 6.45) is 15.7. The van der Waals surface area contributed by atoms with Gasteiger partial charge in [0.25, 0.3) is 5.56 Å². The minimum absolute atomic E-state index is 0.131. The molecule has 11 nitrogen and oxygen atoms in total. The van der Waals surface area contributed by atoms with E-state index >= 15 is 0 Å². The van der Waals surface area contributed by atoms with Crippen LogP contribution in [-0.2, 0) is 19.1 Å². The summed E-state index contributed by atoms with van der Waals surface area (Å²) in [5, 5.41) is 3.05. The molecule has 1 fully saturated rings. The molecule has 37 heavy (non-hydrogen) atoms. The van der Waals surface area contributed by atoms with E-state index in [1.807, 2.05) is 0 Å². The van der Waals surface area contributed by atoms with Gasteiger partial charge in [-0.15, -0.1) is 0 Å². The van der Waals surface area contributed by atoms with E-state index < -0.39 is 29.7 Å². The molecule has 1 aliphatic rings. The second kappa shape index (κ2) is 17.6. The van der Waals surface area contributed by atoms with Gasteiger partial charge in [-0.2, -0.15) is 0 Å². The van der Waals surface area contributed by atoms with E-state index in [-0.39, 0.29) is 19.0 Å². The van der Waals surface area contributed by atoms with Gasteiger partial charge < -0.3 is 14.3 Å². The first kappa shape index (κ1) is 30.4. The predicted molar refractivity (Wildman–Crippen MR) is 140 cm³/mol. The highest BCUT2D eigenvalue weighted by molar-refractivity contribution is 5.69. The van der Waals surface area contributed by atoms with Gasteiger partial charge in [0.1, 0.15) is 30.3 Å². The number of aromatic nitrogens is 2. The Balaban J connectivity index is 1.69. The standard InChI is InChI=1S/C26H43N5O6/c1-3-4-5-6-7-8-9-10-11-12-13-14-15-16-24(32)37-21-17-23(36-22(21)19-35-30-29-27)31-18-20(2)25(33)28-26(31)34/h18,21-23H,3-17,19H2,1-2H3,(H,28,33,34)/t21-,22+,23+/m0/s1. The number of H-pyrrole nitrogens is 1. The van der Waals surface area contributed by atoms with Crippen LogP contribution >= 0.6 is 0 Å². The van der Waals surface area contributed by atoms with E-state index in [2.05, 4.69) is 22.1 Å². The van der Waals surface area contributed by atoms with E-state index in [1.165, 1.54) is 75.0 Å². The van der Waals surface area contributed by atoms with Crippen LogP contribution < -0.4 is 11.2 Å². The fourth-order valence-corrected chi connectivity index (χ4v) is 4.59. The first-order chi connectivity index (χ1) is 18.0. The summed E-state index contributed by atoms with van der Waals surface area (Å²) in [6.45, 7) is 3.69. The molecule has 0 aliphatic carbocycles. The monoisotopic (exact) mass is 521 g/mol. The second-order valence-electron chi connectivity index (χ2n) is 9.83. The quantitative estimate of drug-likeness (QED) is 0.0610. The number of nitrogens with zero attached hydrogens (tertiary/aromatic N) is 4. The van der Waals surface area contributed by atoms with Gasteiger partial charge in [0.2, 0.25) is 0 Å². The third-order valence-electron chi connectivity index (χ3n) is 6.74. The van der Waals surface area contributed by atoms with Gasteiger partial charge in [-0.25, -0.2) is 4.79 Å². The zero-order chi connectivity index (χ0) is 26.9. The zero-order valence-corrected chi connectivity index (χ0v) is 22.4. The molecule has 0 aromatic carbocycles. The number of hydrogen-bond acceptors (Lipinski definition) is 7. The van der Waals surface area contributed by atoms with E-state index in [1.54, 1.807) is 6.92 Å². The summed E-state index contributed by atoms with van der Waals surface area (Å²) < 4.78 is 12.8. The molecule has 1 aromatic rings. The number of nitrogens with one attached hydrogen (secondary N) is 1. The van der Waals surface area contributed by atoms with Crippen LogP contribution in [0, 0.1) is 6.92 Å².